The minimum Gasteiger partial charge on any atom is -0.493 e. The zero-order valence-electron chi connectivity index (χ0n) is 21.6. The zero-order valence-corrected chi connectivity index (χ0v) is 24.0. The van der Waals surface area contributed by atoms with Gasteiger partial charge in [0.25, 0.3) is 0 Å². The third-order valence-corrected chi connectivity index (χ3v) is 8.29. The highest BCUT2D eigenvalue weighted by atomic mass is 79.9. The predicted octanol–water partition coefficient (Wildman–Crippen LogP) is 6.75. The molecule has 6 nitrogen and oxygen atoms in total. The van der Waals surface area contributed by atoms with Crippen LogP contribution >= 0.6 is 27.5 Å². The molecule has 0 bridgehead atoms. The molecule has 0 amide bonds. The second-order valence-corrected chi connectivity index (χ2v) is 11.1. The van der Waals surface area contributed by atoms with Crippen LogP contribution in [0.1, 0.15) is 55.6 Å². The minimum absolute atomic E-state index is 0.111. The Bertz CT molecular complexity index is 1290. The number of Topliss-reactive ketones (excluding diaryl/α,β-unsaturated/α-hetero) is 2. The SMILES string of the molecule is COCCN1C2=C(C(=O)CCC2)C(c2cc(Br)c(OCc3cccc(Cl)c3)c(OC)c2)C2=C1CCCC2=O. The monoisotopic (exact) mass is 599 g/mol. The summed E-state index contributed by atoms with van der Waals surface area (Å²) in [7, 11) is 3.27. The summed E-state index contributed by atoms with van der Waals surface area (Å²) in [5, 5.41) is 0.645. The van der Waals surface area contributed by atoms with Gasteiger partial charge >= 0.3 is 0 Å². The highest BCUT2D eigenvalue weighted by molar-refractivity contribution is 9.10. The molecule has 38 heavy (non-hydrogen) atoms. The fraction of sp³-hybridized carbons (Fsp3) is 0.400. The molecular formula is C30H31BrClNO5. The van der Waals surface area contributed by atoms with Crippen molar-refractivity contribution < 1.29 is 23.8 Å². The van der Waals surface area contributed by atoms with Crippen molar-refractivity contribution in [3.05, 3.63) is 79.6 Å². The first-order valence-corrected chi connectivity index (χ1v) is 14.1. The Balaban J connectivity index is 1.59. The number of carbonyl (C=O) groups excluding carboxylic acids is 2. The van der Waals surface area contributed by atoms with Crippen molar-refractivity contribution in [2.45, 2.75) is 51.0 Å². The summed E-state index contributed by atoms with van der Waals surface area (Å²) in [5.41, 5.74) is 5.33. The van der Waals surface area contributed by atoms with E-state index in [-0.39, 0.29) is 11.6 Å². The number of nitrogens with zero attached hydrogens (tertiary/aromatic N) is 1. The Morgan fingerprint density at radius 1 is 0.974 bits per heavy atom. The number of methoxy groups -OCH3 is 2. The van der Waals surface area contributed by atoms with Gasteiger partial charge in [0.05, 0.1) is 18.2 Å². The van der Waals surface area contributed by atoms with Gasteiger partial charge in [-0.3, -0.25) is 9.59 Å². The Labute approximate surface area is 236 Å². The van der Waals surface area contributed by atoms with Crippen LogP contribution in [0.2, 0.25) is 5.02 Å². The first-order valence-electron chi connectivity index (χ1n) is 13.0. The number of rotatable bonds is 8. The fourth-order valence-electron chi connectivity index (χ4n) is 5.83. The molecule has 1 aliphatic heterocycles. The molecule has 0 saturated heterocycles. The standard InChI is InChI=1S/C30H31BrClNO5/c1-36-13-12-33-22-8-4-10-24(34)28(22)27(29-23(33)9-5-11-25(29)35)19-15-21(31)30(26(16-19)37-2)38-17-18-6-3-7-20(32)14-18/h3,6-7,14-16,27H,4-5,8-13,17H2,1-2H3. The van der Waals surface area contributed by atoms with Gasteiger partial charge in [-0.15, -0.1) is 0 Å². The topological polar surface area (TPSA) is 65.1 Å². The van der Waals surface area contributed by atoms with Crippen molar-refractivity contribution in [1.29, 1.82) is 0 Å². The fourth-order valence-corrected chi connectivity index (χ4v) is 6.62. The maximum Gasteiger partial charge on any atom is 0.175 e. The first-order chi connectivity index (χ1) is 18.4. The van der Waals surface area contributed by atoms with Gasteiger partial charge in [0.15, 0.2) is 23.1 Å². The smallest absolute Gasteiger partial charge is 0.175 e. The maximum absolute atomic E-state index is 13.5. The average molecular weight is 601 g/mol. The molecule has 0 unspecified atom stereocenters. The summed E-state index contributed by atoms with van der Waals surface area (Å²) >= 11 is 9.82. The summed E-state index contributed by atoms with van der Waals surface area (Å²) in [6.45, 7) is 1.47. The van der Waals surface area contributed by atoms with E-state index in [0.29, 0.717) is 53.6 Å². The van der Waals surface area contributed by atoms with Crippen molar-refractivity contribution in [3.63, 3.8) is 0 Å². The van der Waals surface area contributed by atoms with Crippen molar-refractivity contribution in [2.24, 2.45) is 0 Å². The summed E-state index contributed by atoms with van der Waals surface area (Å²) in [5.74, 6) is 0.891. The van der Waals surface area contributed by atoms with E-state index >= 15 is 0 Å². The molecule has 0 spiro atoms. The number of carbonyl (C=O) groups is 2. The molecule has 0 radical (unpaired) electrons. The Hall–Kier alpha value is -2.61. The minimum atomic E-state index is -0.424. The van der Waals surface area contributed by atoms with E-state index < -0.39 is 5.92 Å². The van der Waals surface area contributed by atoms with Gasteiger partial charge < -0.3 is 19.1 Å². The number of benzene rings is 2. The highest BCUT2D eigenvalue weighted by Crippen LogP contribution is 2.51. The second kappa shape index (κ2) is 11.6. The van der Waals surface area contributed by atoms with Gasteiger partial charge in [-0.25, -0.2) is 0 Å². The normalized spacial score (nSPS) is 18.1. The number of allylic oxidation sites excluding steroid dienone is 4. The molecule has 0 atom stereocenters. The van der Waals surface area contributed by atoms with E-state index in [1.54, 1.807) is 14.2 Å². The summed E-state index contributed by atoms with van der Waals surface area (Å²) < 4.78 is 18.0. The second-order valence-electron chi connectivity index (χ2n) is 9.80. The number of ketones is 2. The van der Waals surface area contributed by atoms with Crippen molar-refractivity contribution in [3.8, 4) is 11.5 Å². The van der Waals surface area contributed by atoms with Crippen molar-refractivity contribution in [1.82, 2.24) is 4.90 Å². The zero-order chi connectivity index (χ0) is 26.8. The summed E-state index contributed by atoms with van der Waals surface area (Å²) in [6.07, 6.45) is 4.23. The van der Waals surface area contributed by atoms with Crippen LogP contribution in [0, 0.1) is 0 Å². The molecule has 2 aliphatic carbocycles. The lowest BCUT2D eigenvalue weighted by molar-refractivity contribution is -0.117. The molecule has 0 fully saturated rings. The van der Waals surface area contributed by atoms with Crippen LogP contribution in [0.4, 0.5) is 0 Å². The molecule has 0 aromatic heterocycles. The van der Waals surface area contributed by atoms with Gasteiger partial charge in [0, 0.05) is 60.0 Å². The van der Waals surface area contributed by atoms with Crippen LogP contribution in [0.5, 0.6) is 11.5 Å². The number of hydrogen-bond acceptors (Lipinski definition) is 6. The molecule has 200 valence electrons. The Morgan fingerprint density at radius 2 is 1.66 bits per heavy atom. The molecule has 8 heteroatoms. The molecule has 2 aromatic carbocycles. The number of ether oxygens (including phenoxy) is 3. The Morgan fingerprint density at radius 3 is 2.26 bits per heavy atom. The van der Waals surface area contributed by atoms with E-state index in [1.165, 1.54) is 0 Å². The predicted molar refractivity (Wildman–Crippen MR) is 150 cm³/mol. The quantitative estimate of drug-likeness (QED) is 0.334. The van der Waals surface area contributed by atoms with E-state index in [9.17, 15) is 9.59 Å². The maximum atomic E-state index is 13.5. The van der Waals surface area contributed by atoms with E-state index in [1.807, 2.05) is 36.4 Å². The molecule has 1 heterocycles. The van der Waals surface area contributed by atoms with Crippen LogP contribution in [-0.2, 0) is 20.9 Å². The molecule has 3 aliphatic rings. The third-order valence-electron chi connectivity index (χ3n) is 7.46. The van der Waals surface area contributed by atoms with E-state index in [4.69, 9.17) is 25.8 Å². The van der Waals surface area contributed by atoms with Crippen LogP contribution in [-0.4, -0.2) is 43.8 Å². The highest BCUT2D eigenvalue weighted by Gasteiger charge is 2.43. The lowest BCUT2D eigenvalue weighted by Crippen LogP contribution is -2.40. The van der Waals surface area contributed by atoms with Crippen molar-refractivity contribution in [2.75, 3.05) is 27.4 Å². The lowest BCUT2D eigenvalue weighted by Gasteiger charge is -2.44. The molecule has 0 N–H and O–H groups in total. The molecule has 5 rings (SSSR count). The first kappa shape index (κ1) is 27.0. The van der Waals surface area contributed by atoms with Gasteiger partial charge in [-0.05, 0) is 77.0 Å². The Kier molecular flexibility index (Phi) is 8.26. The third kappa shape index (κ3) is 5.16. The van der Waals surface area contributed by atoms with Crippen LogP contribution in [0.25, 0.3) is 0 Å². The van der Waals surface area contributed by atoms with E-state index in [2.05, 4.69) is 20.8 Å². The summed E-state index contributed by atoms with van der Waals surface area (Å²) in [4.78, 5) is 29.2. The summed E-state index contributed by atoms with van der Waals surface area (Å²) in [6, 6.07) is 11.4. The molecule has 2 aromatic rings. The number of halogens is 2. The van der Waals surface area contributed by atoms with Crippen LogP contribution < -0.4 is 9.47 Å². The van der Waals surface area contributed by atoms with Crippen LogP contribution in [0.15, 0.2) is 63.4 Å². The number of hydrogen-bond donors (Lipinski definition) is 0. The van der Waals surface area contributed by atoms with Crippen LogP contribution in [0.3, 0.4) is 0 Å². The average Bonchev–Trinajstić information content (AvgIpc) is 2.90. The van der Waals surface area contributed by atoms with Gasteiger partial charge in [-0.1, -0.05) is 23.7 Å². The molecule has 0 saturated carbocycles. The van der Waals surface area contributed by atoms with Gasteiger partial charge in [-0.2, -0.15) is 0 Å². The molecular weight excluding hydrogens is 570 g/mol. The van der Waals surface area contributed by atoms with E-state index in [0.717, 1.165) is 59.4 Å². The van der Waals surface area contributed by atoms with Gasteiger partial charge in [0.1, 0.15) is 6.61 Å². The van der Waals surface area contributed by atoms with Gasteiger partial charge in [0.2, 0.25) is 0 Å². The van der Waals surface area contributed by atoms with Crippen molar-refractivity contribution >= 4 is 39.1 Å². The largest absolute Gasteiger partial charge is 0.493 e. The lowest BCUT2D eigenvalue weighted by atomic mass is 9.71.